The number of hydrogen-bond acceptors (Lipinski definition) is 4. The smallest absolute Gasteiger partial charge is 0.292 e. The van der Waals surface area contributed by atoms with Crippen LogP contribution in [0.3, 0.4) is 0 Å². The zero-order chi connectivity index (χ0) is 15.4. The number of nitrogens with one attached hydrogen (secondary N) is 1. The van der Waals surface area contributed by atoms with Crippen molar-refractivity contribution in [3.05, 3.63) is 33.9 Å². The summed E-state index contributed by atoms with van der Waals surface area (Å²) < 4.78 is 0. The second-order valence-electron chi connectivity index (χ2n) is 5.98. The molecule has 5 nitrogen and oxygen atoms in total. The molecule has 21 heavy (non-hydrogen) atoms. The first kappa shape index (κ1) is 15.8. The lowest BCUT2D eigenvalue weighted by Crippen LogP contribution is -2.39. The van der Waals surface area contributed by atoms with E-state index >= 15 is 0 Å². The van der Waals surface area contributed by atoms with Crippen LogP contribution in [0.25, 0.3) is 0 Å². The van der Waals surface area contributed by atoms with Crippen molar-refractivity contribution in [2.45, 2.75) is 39.7 Å². The lowest BCUT2D eigenvalue weighted by molar-refractivity contribution is -0.384. The Morgan fingerprint density at radius 1 is 1.43 bits per heavy atom. The molecule has 1 atom stereocenters. The molecule has 0 saturated carbocycles. The molecule has 0 aromatic heterocycles. The summed E-state index contributed by atoms with van der Waals surface area (Å²) in [5, 5.41) is 14.5. The van der Waals surface area contributed by atoms with E-state index in [1.54, 1.807) is 6.07 Å². The van der Waals surface area contributed by atoms with E-state index in [1.165, 1.54) is 0 Å². The highest BCUT2D eigenvalue weighted by atomic mass is 16.6. The molecule has 1 unspecified atom stereocenters. The maximum Gasteiger partial charge on any atom is 0.292 e. The van der Waals surface area contributed by atoms with E-state index in [-0.39, 0.29) is 16.7 Å². The van der Waals surface area contributed by atoms with Crippen LogP contribution in [0.15, 0.2) is 18.2 Å². The van der Waals surface area contributed by atoms with Gasteiger partial charge in [0.25, 0.3) is 5.69 Å². The van der Waals surface area contributed by atoms with Crippen LogP contribution in [0.5, 0.6) is 0 Å². The summed E-state index contributed by atoms with van der Waals surface area (Å²) in [5.74, 6) is 0.578. The zero-order valence-corrected chi connectivity index (χ0v) is 13.1. The number of rotatable bonds is 5. The van der Waals surface area contributed by atoms with Crippen molar-refractivity contribution in [2.75, 3.05) is 25.0 Å². The van der Waals surface area contributed by atoms with Gasteiger partial charge in [0, 0.05) is 12.1 Å². The van der Waals surface area contributed by atoms with E-state index in [2.05, 4.69) is 24.1 Å². The highest BCUT2D eigenvalue weighted by Crippen LogP contribution is 2.29. The Morgan fingerprint density at radius 2 is 2.10 bits per heavy atom. The Balaban J connectivity index is 2.03. The summed E-state index contributed by atoms with van der Waals surface area (Å²) >= 11 is 0. The molecule has 1 aromatic carbocycles. The number of nitro groups is 1. The third-order valence-electron chi connectivity index (χ3n) is 4.52. The average Bonchev–Trinajstić information content (AvgIpc) is 2.49. The van der Waals surface area contributed by atoms with Gasteiger partial charge < -0.3 is 10.2 Å². The molecule has 116 valence electrons. The summed E-state index contributed by atoms with van der Waals surface area (Å²) in [6, 6.07) is 5.63. The van der Waals surface area contributed by atoms with Gasteiger partial charge in [-0.1, -0.05) is 13.0 Å². The Morgan fingerprint density at radius 3 is 2.67 bits per heavy atom. The lowest BCUT2D eigenvalue weighted by Gasteiger charge is -2.34. The fourth-order valence-electron chi connectivity index (χ4n) is 3.05. The number of piperidine rings is 1. The predicted octanol–water partition coefficient (Wildman–Crippen LogP) is 3.44. The highest BCUT2D eigenvalue weighted by Gasteiger charge is 2.24. The van der Waals surface area contributed by atoms with Crippen LogP contribution in [-0.2, 0) is 0 Å². The first-order chi connectivity index (χ1) is 10.0. The summed E-state index contributed by atoms with van der Waals surface area (Å²) in [6.45, 7) is 9.57. The van der Waals surface area contributed by atoms with E-state index in [9.17, 15) is 10.1 Å². The molecule has 0 amide bonds. The first-order valence-electron chi connectivity index (χ1n) is 7.75. The van der Waals surface area contributed by atoms with Crippen molar-refractivity contribution in [1.29, 1.82) is 0 Å². The van der Waals surface area contributed by atoms with Crippen LogP contribution in [-0.4, -0.2) is 35.5 Å². The quantitative estimate of drug-likeness (QED) is 0.667. The van der Waals surface area contributed by atoms with Gasteiger partial charge >= 0.3 is 0 Å². The second-order valence-corrected chi connectivity index (χ2v) is 5.98. The van der Waals surface area contributed by atoms with Crippen molar-refractivity contribution in [3.8, 4) is 0 Å². The molecule has 0 aliphatic carbocycles. The third kappa shape index (κ3) is 3.94. The number of likely N-dealkylation sites (tertiary alicyclic amines) is 1. The summed E-state index contributed by atoms with van der Waals surface area (Å²) in [7, 11) is 0. The van der Waals surface area contributed by atoms with E-state index in [4.69, 9.17) is 0 Å². The zero-order valence-electron chi connectivity index (χ0n) is 13.1. The standard InChI is InChI=1S/C16H25N3O2/c1-4-18-9-7-14(8-10-18)13(3)17-15-6-5-12(2)11-16(15)19(20)21/h5-6,11,13-14,17H,4,7-10H2,1-3H3. The number of aryl methyl sites for hydroxylation is 1. The normalized spacial score (nSPS) is 18.4. The molecule has 1 N–H and O–H groups in total. The molecule has 1 aliphatic rings. The van der Waals surface area contributed by atoms with Gasteiger partial charge in [-0.15, -0.1) is 0 Å². The van der Waals surface area contributed by atoms with Gasteiger partial charge in [-0.3, -0.25) is 10.1 Å². The van der Waals surface area contributed by atoms with E-state index in [1.807, 2.05) is 19.1 Å². The molecule has 1 heterocycles. The average molecular weight is 291 g/mol. The Bertz CT molecular complexity index is 496. The van der Waals surface area contributed by atoms with Crippen LogP contribution < -0.4 is 5.32 Å². The monoisotopic (exact) mass is 291 g/mol. The van der Waals surface area contributed by atoms with Crippen molar-refractivity contribution >= 4 is 11.4 Å². The molecule has 0 bridgehead atoms. The summed E-state index contributed by atoms with van der Waals surface area (Å²) in [6.07, 6.45) is 2.31. The minimum atomic E-state index is -0.304. The minimum Gasteiger partial charge on any atom is -0.377 e. The van der Waals surface area contributed by atoms with Gasteiger partial charge in [-0.2, -0.15) is 0 Å². The van der Waals surface area contributed by atoms with E-state index in [0.717, 1.165) is 38.0 Å². The van der Waals surface area contributed by atoms with Crippen LogP contribution >= 0.6 is 0 Å². The Hall–Kier alpha value is -1.62. The fourth-order valence-corrected chi connectivity index (χ4v) is 3.05. The van der Waals surface area contributed by atoms with Crippen LogP contribution in [0, 0.1) is 23.0 Å². The van der Waals surface area contributed by atoms with Gasteiger partial charge in [-0.25, -0.2) is 0 Å². The fraction of sp³-hybridized carbons (Fsp3) is 0.625. The molecule has 0 spiro atoms. The van der Waals surface area contributed by atoms with Crippen molar-refractivity contribution in [3.63, 3.8) is 0 Å². The third-order valence-corrected chi connectivity index (χ3v) is 4.52. The number of nitro benzene ring substituents is 1. The van der Waals surface area contributed by atoms with Gasteiger partial charge in [0.15, 0.2) is 0 Å². The molecule has 1 aromatic rings. The number of anilines is 1. The van der Waals surface area contributed by atoms with Gasteiger partial charge in [0.2, 0.25) is 0 Å². The van der Waals surface area contributed by atoms with Crippen molar-refractivity contribution < 1.29 is 4.92 Å². The van der Waals surface area contributed by atoms with Crippen molar-refractivity contribution in [1.82, 2.24) is 4.90 Å². The highest BCUT2D eigenvalue weighted by molar-refractivity contribution is 5.62. The SMILES string of the molecule is CCN1CCC(C(C)Nc2ccc(C)cc2[N+](=O)[O-])CC1. The first-order valence-corrected chi connectivity index (χ1v) is 7.75. The second kappa shape index (κ2) is 6.89. The maximum atomic E-state index is 11.2. The van der Waals surface area contributed by atoms with Crippen LogP contribution in [0.4, 0.5) is 11.4 Å². The number of benzene rings is 1. The summed E-state index contributed by atoms with van der Waals surface area (Å²) in [4.78, 5) is 13.3. The van der Waals surface area contributed by atoms with Crippen LogP contribution in [0.2, 0.25) is 0 Å². The van der Waals surface area contributed by atoms with Crippen molar-refractivity contribution in [2.24, 2.45) is 5.92 Å². The number of nitrogens with zero attached hydrogens (tertiary/aromatic N) is 2. The van der Waals surface area contributed by atoms with E-state index in [0.29, 0.717) is 11.6 Å². The predicted molar refractivity (Wildman–Crippen MR) is 85.8 cm³/mol. The Labute approximate surface area is 126 Å². The lowest BCUT2D eigenvalue weighted by atomic mass is 9.90. The topological polar surface area (TPSA) is 58.4 Å². The van der Waals surface area contributed by atoms with E-state index < -0.39 is 0 Å². The van der Waals surface area contributed by atoms with Gasteiger partial charge in [0.05, 0.1) is 4.92 Å². The number of hydrogen-bond donors (Lipinski definition) is 1. The Kier molecular flexibility index (Phi) is 5.17. The minimum absolute atomic E-state index is 0.174. The molecule has 0 radical (unpaired) electrons. The van der Waals surface area contributed by atoms with Gasteiger partial charge in [0.1, 0.15) is 5.69 Å². The molecule has 1 fully saturated rings. The molecule has 5 heteroatoms. The largest absolute Gasteiger partial charge is 0.377 e. The molecule has 2 rings (SSSR count). The summed E-state index contributed by atoms with van der Waals surface area (Å²) in [5.41, 5.74) is 1.72. The molecule has 1 aliphatic heterocycles. The maximum absolute atomic E-state index is 11.2. The van der Waals surface area contributed by atoms with Crippen LogP contribution in [0.1, 0.15) is 32.3 Å². The molecular weight excluding hydrogens is 266 g/mol. The van der Waals surface area contributed by atoms with Gasteiger partial charge in [-0.05, 0) is 63.9 Å². The molecule has 1 saturated heterocycles. The molecular formula is C16H25N3O2.